The SMILES string of the molecule is COc1ccc2c(c1)-c1n[n-]cc1Cc1c(C3=NC(C(C)(C)C)ON3)ncn1-2. The molecule has 0 bridgehead atoms. The number of hydrogen-bond donors (Lipinski definition) is 1. The molecule has 1 unspecified atom stereocenters. The molecule has 0 fully saturated rings. The molecule has 28 heavy (non-hydrogen) atoms. The smallest absolute Gasteiger partial charge is 0.182 e. The highest BCUT2D eigenvalue weighted by molar-refractivity contribution is 5.98. The first kappa shape index (κ1) is 17.0. The van der Waals surface area contributed by atoms with Crippen LogP contribution in [0.2, 0.25) is 0 Å². The van der Waals surface area contributed by atoms with Gasteiger partial charge in [-0.3, -0.25) is 0 Å². The van der Waals surface area contributed by atoms with Gasteiger partial charge >= 0.3 is 0 Å². The number of hydrogen-bond acceptors (Lipinski definition) is 6. The summed E-state index contributed by atoms with van der Waals surface area (Å²) in [5, 5.41) is 8.50. The fourth-order valence-electron chi connectivity index (χ4n) is 3.57. The Morgan fingerprint density at radius 2 is 2.14 bits per heavy atom. The highest BCUT2D eigenvalue weighted by Gasteiger charge is 2.33. The minimum atomic E-state index is -0.264. The van der Waals surface area contributed by atoms with Crippen molar-refractivity contribution < 1.29 is 9.57 Å². The molecular formula is C20H21N6O2-. The number of ether oxygens (including phenoxy) is 1. The Balaban J connectivity index is 1.67. The van der Waals surface area contributed by atoms with E-state index < -0.39 is 0 Å². The number of rotatable bonds is 2. The van der Waals surface area contributed by atoms with Gasteiger partial charge in [-0.1, -0.05) is 20.8 Å². The summed E-state index contributed by atoms with van der Waals surface area (Å²) in [7, 11) is 1.66. The van der Waals surface area contributed by atoms with Crippen LogP contribution in [0.15, 0.2) is 35.7 Å². The zero-order valence-corrected chi connectivity index (χ0v) is 16.2. The normalized spacial score (nSPS) is 17.9. The van der Waals surface area contributed by atoms with Gasteiger partial charge in [0, 0.05) is 17.4 Å². The molecule has 8 nitrogen and oxygen atoms in total. The summed E-state index contributed by atoms with van der Waals surface area (Å²) in [6.45, 7) is 6.28. The predicted octanol–water partition coefficient (Wildman–Crippen LogP) is 2.46. The van der Waals surface area contributed by atoms with Crippen LogP contribution in [0.25, 0.3) is 16.9 Å². The molecule has 2 aromatic heterocycles. The summed E-state index contributed by atoms with van der Waals surface area (Å²) in [5.41, 5.74) is 8.53. The fourth-order valence-corrected chi connectivity index (χ4v) is 3.57. The third-order valence-corrected chi connectivity index (χ3v) is 5.10. The highest BCUT2D eigenvalue weighted by atomic mass is 16.7. The topological polar surface area (TPSA) is 87.7 Å². The number of nitrogens with one attached hydrogen (secondary N) is 1. The van der Waals surface area contributed by atoms with E-state index in [0.29, 0.717) is 12.3 Å². The van der Waals surface area contributed by atoms with Crippen molar-refractivity contribution in [3.63, 3.8) is 0 Å². The monoisotopic (exact) mass is 377 g/mol. The van der Waals surface area contributed by atoms with Gasteiger partial charge in [0.2, 0.25) is 0 Å². The zero-order valence-electron chi connectivity index (χ0n) is 16.2. The largest absolute Gasteiger partial charge is 0.581 e. The van der Waals surface area contributed by atoms with Crippen LogP contribution in [0, 0.1) is 5.41 Å². The lowest BCUT2D eigenvalue weighted by molar-refractivity contribution is -0.0259. The number of hydroxylamine groups is 1. The first-order valence-corrected chi connectivity index (χ1v) is 9.18. The molecule has 2 aliphatic rings. The number of benzene rings is 1. The lowest BCUT2D eigenvalue weighted by Gasteiger charge is -2.21. The van der Waals surface area contributed by atoms with Crippen LogP contribution in [0.3, 0.4) is 0 Å². The highest BCUT2D eigenvalue weighted by Crippen LogP contribution is 2.37. The number of aromatic nitrogens is 4. The number of aliphatic imine (C=N–C) groups is 1. The van der Waals surface area contributed by atoms with Gasteiger partial charge in [-0.2, -0.15) is 6.20 Å². The predicted molar refractivity (Wildman–Crippen MR) is 103 cm³/mol. The summed E-state index contributed by atoms with van der Waals surface area (Å²) in [6, 6.07) is 5.95. The minimum absolute atomic E-state index is 0.110. The van der Waals surface area contributed by atoms with E-state index >= 15 is 0 Å². The third kappa shape index (κ3) is 2.52. The van der Waals surface area contributed by atoms with Crippen LogP contribution in [0.5, 0.6) is 5.75 Å². The van der Waals surface area contributed by atoms with Crippen molar-refractivity contribution in [2.24, 2.45) is 10.4 Å². The quantitative estimate of drug-likeness (QED) is 0.577. The Hall–Kier alpha value is -3.13. The van der Waals surface area contributed by atoms with E-state index in [0.717, 1.165) is 39.6 Å². The van der Waals surface area contributed by atoms with Crippen LogP contribution < -0.4 is 15.3 Å². The number of nitrogens with zero attached hydrogens (tertiary/aromatic N) is 5. The van der Waals surface area contributed by atoms with Crippen LogP contribution in [0.4, 0.5) is 0 Å². The minimum Gasteiger partial charge on any atom is -0.581 e. The molecule has 0 spiro atoms. The van der Waals surface area contributed by atoms with Crippen molar-refractivity contribution in [1.82, 2.24) is 25.2 Å². The van der Waals surface area contributed by atoms with E-state index in [1.165, 1.54) is 0 Å². The van der Waals surface area contributed by atoms with Gasteiger partial charge < -0.3 is 19.5 Å². The van der Waals surface area contributed by atoms with Gasteiger partial charge in [0.05, 0.1) is 24.2 Å². The van der Waals surface area contributed by atoms with Crippen molar-refractivity contribution in [3.05, 3.63) is 47.7 Å². The summed E-state index contributed by atoms with van der Waals surface area (Å²) in [6.07, 6.45) is 4.02. The van der Waals surface area contributed by atoms with Crippen LogP contribution in [-0.4, -0.2) is 33.8 Å². The van der Waals surface area contributed by atoms with Crippen molar-refractivity contribution in [2.75, 3.05) is 7.11 Å². The number of imidazole rings is 1. The lowest BCUT2D eigenvalue weighted by Crippen LogP contribution is -2.27. The molecule has 1 aromatic carbocycles. The molecule has 0 aliphatic carbocycles. The summed E-state index contributed by atoms with van der Waals surface area (Å²) in [5.74, 6) is 1.43. The average molecular weight is 377 g/mol. The number of fused-ring (bicyclic) bond motifs is 5. The first-order valence-electron chi connectivity index (χ1n) is 9.18. The van der Waals surface area contributed by atoms with Gasteiger partial charge in [0.25, 0.3) is 0 Å². The molecule has 0 radical (unpaired) electrons. The molecule has 3 aromatic rings. The molecule has 144 valence electrons. The maximum atomic E-state index is 5.69. The van der Waals surface area contributed by atoms with Crippen LogP contribution in [-0.2, 0) is 11.3 Å². The first-order chi connectivity index (χ1) is 13.5. The molecule has 1 N–H and O–H groups in total. The summed E-state index contributed by atoms with van der Waals surface area (Å²) >= 11 is 0. The van der Waals surface area contributed by atoms with E-state index in [2.05, 4.69) is 46.0 Å². The third-order valence-electron chi connectivity index (χ3n) is 5.10. The van der Waals surface area contributed by atoms with Crippen molar-refractivity contribution in [3.8, 4) is 22.7 Å². The maximum absolute atomic E-state index is 5.69. The van der Waals surface area contributed by atoms with Gasteiger partial charge in [0.15, 0.2) is 12.1 Å². The van der Waals surface area contributed by atoms with E-state index in [1.54, 1.807) is 7.11 Å². The molecule has 2 aliphatic heterocycles. The van der Waals surface area contributed by atoms with Crippen molar-refractivity contribution in [2.45, 2.75) is 33.4 Å². The van der Waals surface area contributed by atoms with Crippen molar-refractivity contribution >= 4 is 5.84 Å². The lowest BCUT2D eigenvalue weighted by atomic mass is 9.95. The molecule has 4 heterocycles. The van der Waals surface area contributed by atoms with E-state index in [-0.39, 0.29) is 11.6 Å². The van der Waals surface area contributed by atoms with Crippen LogP contribution >= 0.6 is 0 Å². The zero-order chi connectivity index (χ0) is 19.5. The molecule has 0 saturated heterocycles. The molecule has 0 saturated carbocycles. The Kier molecular flexibility index (Phi) is 3.60. The summed E-state index contributed by atoms with van der Waals surface area (Å²) < 4.78 is 7.50. The summed E-state index contributed by atoms with van der Waals surface area (Å²) in [4.78, 5) is 15.1. The molecule has 8 heteroatoms. The van der Waals surface area contributed by atoms with Crippen molar-refractivity contribution in [1.29, 1.82) is 0 Å². The van der Waals surface area contributed by atoms with E-state index in [1.807, 2.05) is 30.7 Å². The Bertz CT molecular complexity index is 1090. The standard InChI is InChI=1S/C20H21N6O2/c1-20(2,3)19-23-18(25-28-19)17-15-7-11-9-22-24-16(11)13-8-12(27-4)5-6-14(13)26(15)10-21-17/h5-6,8-10,19H,7H2,1-4H3,(H-,22,23,24,25)/q-1. The number of methoxy groups -OCH3 is 1. The van der Waals surface area contributed by atoms with Gasteiger partial charge in [0.1, 0.15) is 17.8 Å². The van der Waals surface area contributed by atoms with Gasteiger partial charge in [-0.15, -0.1) is 0 Å². The molecule has 5 rings (SSSR count). The molecular weight excluding hydrogens is 356 g/mol. The fraction of sp³-hybridized carbons (Fsp3) is 0.350. The Morgan fingerprint density at radius 3 is 2.89 bits per heavy atom. The molecule has 0 amide bonds. The second-order valence-corrected chi connectivity index (χ2v) is 8.10. The van der Waals surface area contributed by atoms with E-state index in [4.69, 9.17) is 14.6 Å². The second kappa shape index (κ2) is 5.93. The Labute approximate surface area is 162 Å². The van der Waals surface area contributed by atoms with Gasteiger partial charge in [-0.25, -0.2) is 20.3 Å². The van der Waals surface area contributed by atoms with Gasteiger partial charge in [-0.05, 0) is 23.8 Å². The average Bonchev–Trinajstić information content (AvgIpc) is 3.39. The maximum Gasteiger partial charge on any atom is 0.182 e. The second-order valence-electron chi connectivity index (χ2n) is 8.10. The van der Waals surface area contributed by atoms with E-state index in [9.17, 15) is 0 Å². The molecule has 1 atom stereocenters. The number of amidine groups is 1. The van der Waals surface area contributed by atoms with Crippen LogP contribution in [0.1, 0.15) is 37.7 Å². The Morgan fingerprint density at radius 1 is 1.29 bits per heavy atom.